The molecule has 22 heavy (non-hydrogen) atoms. The predicted octanol–water partition coefficient (Wildman–Crippen LogP) is 0.652. The van der Waals surface area contributed by atoms with E-state index in [-0.39, 0.29) is 17.3 Å². The Morgan fingerprint density at radius 2 is 1.95 bits per heavy atom. The van der Waals surface area contributed by atoms with E-state index in [0.717, 1.165) is 12.8 Å². The van der Waals surface area contributed by atoms with Crippen molar-refractivity contribution < 1.29 is 22.7 Å². The van der Waals surface area contributed by atoms with E-state index in [1.54, 1.807) is 6.07 Å². The van der Waals surface area contributed by atoms with Crippen LogP contribution in [0.25, 0.3) is 0 Å². The third-order valence-corrected chi connectivity index (χ3v) is 4.50. The minimum absolute atomic E-state index is 0.0399. The quantitative estimate of drug-likeness (QED) is 0.717. The van der Waals surface area contributed by atoms with Crippen LogP contribution in [0.3, 0.4) is 0 Å². The second-order valence-electron chi connectivity index (χ2n) is 4.83. The smallest absolute Gasteiger partial charge is 0.241 e. The number of ether oxygens (including phenoxy) is 2. The van der Waals surface area contributed by atoms with Crippen molar-refractivity contribution in [2.45, 2.75) is 24.7 Å². The van der Waals surface area contributed by atoms with Crippen molar-refractivity contribution in [1.82, 2.24) is 10.0 Å². The Kier molecular flexibility index (Phi) is 5.62. The Morgan fingerprint density at radius 3 is 2.68 bits per heavy atom. The molecule has 0 radical (unpaired) electrons. The Hall–Kier alpha value is -1.80. The number of benzene rings is 1. The molecular weight excluding hydrogens is 308 g/mol. The van der Waals surface area contributed by atoms with Crippen LogP contribution >= 0.6 is 0 Å². The lowest BCUT2D eigenvalue weighted by Gasteiger charge is -2.18. The summed E-state index contributed by atoms with van der Waals surface area (Å²) in [6.45, 7) is 3.08. The number of carbonyl (C=O) groups excluding carboxylic acids is 1. The predicted molar refractivity (Wildman–Crippen MR) is 80.5 cm³/mol. The number of hydrogen-bond donors (Lipinski definition) is 2. The minimum atomic E-state index is -3.77. The molecule has 1 amide bonds. The lowest BCUT2D eigenvalue weighted by atomic mass is 10.3. The lowest BCUT2D eigenvalue weighted by molar-refractivity contribution is -0.119. The maximum absolute atomic E-state index is 12.2. The Balaban J connectivity index is 1.97. The Morgan fingerprint density at radius 1 is 1.23 bits per heavy atom. The van der Waals surface area contributed by atoms with Gasteiger partial charge in [-0.15, -0.1) is 0 Å². The standard InChI is InChI=1S/C14H20N2O5S/c1-2-3-6-15-14(17)10-16-22(18,19)11-4-5-12-13(9-11)21-8-7-20-12/h4-5,9,16H,2-3,6-8,10H2,1H3,(H,15,17). The first-order valence-electron chi connectivity index (χ1n) is 7.19. The molecule has 1 heterocycles. The number of nitrogens with one attached hydrogen (secondary N) is 2. The first-order chi connectivity index (χ1) is 10.5. The summed E-state index contributed by atoms with van der Waals surface area (Å²) in [6.07, 6.45) is 1.82. The molecule has 0 atom stereocenters. The number of rotatable bonds is 7. The fourth-order valence-corrected chi connectivity index (χ4v) is 2.90. The topological polar surface area (TPSA) is 93.7 Å². The van der Waals surface area contributed by atoms with Gasteiger partial charge in [0.1, 0.15) is 13.2 Å². The van der Waals surface area contributed by atoms with E-state index < -0.39 is 10.0 Å². The molecule has 2 rings (SSSR count). The maximum Gasteiger partial charge on any atom is 0.241 e. The van der Waals surface area contributed by atoms with Crippen LogP contribution in [0.1, 0.15) is 19.8 Å². The van der Waals surface area contributed by atoms with Crippen LogP contribution in [0.4, 0.5) is 0 Å². The maximum atomic E-state index is 12.2. The fourth-order valence-electron chi connectivity index (χ4n) is 1.90. The van der Waals surface area contributed by atoms with Crippen molar-refractivity contribution in [3.05, 3.63) is 18.2 Å². The van der Waals surface area contributed by atoms with Gasteiger partial charge in [0, 0.05) is 12.6 Å². The Bertz CT molecular complexity index is 630. The highest BCUT2D eigenvalue weighted by atomic mass is 32.2. The number of unbranched alkanes of at least 4 members (excludes halogenated alkanes) is 1. The summed E-state index contributed by atoms with van der Waals surface area (Å²) in [5, 5.41) is 2.65. The molecule has 0 saturated heterocycles. The van der Waals surface area contributed by atoms with Crippen LogP contribution in [0.5, 0.6) is 11.5 Å². The third-order valence-electron chi connectivity index (χ3n) is 3.10. The second kappa shape index (κ2) is 7.46. The highest BCUT2D eigenvalue weighted by Crippen LogP contribution is 2.32. The molecule has 0 aliphatic carbocycles. The molecular formula is C14H20N2O5S. The average Bonchev–Trinajstić information content (AvgIpc) is 2.53. The molecule has 0 unspecified atom stereocenters. The van der Waals surface area contributed by atoms with Gasteiger partial charge in [0.05, 0.1) is 11.4 Å². The summed E-state index contributed by atoms with van der Waals surface area (Å²) >= 11 is 0. The fraction of sp³-hybridized carbons (Fsp3) is 0.500. The highest BCUT2D eigenvalue weighted by molar-refractivity contribution is 7.89. The van der Waals surface area contributed by atoms with Gasteiger partial charge in [0.25, 0.3) is 0 Å². The van der Waals surface area contributed by atoms with Gasteiger partial charge in [-0.1, -0.05) is 13.3 Å². The second-order valence-corrected chi connectivity index (χ2v) is 6.60. The van der Waals surface area contributed by atoms with Crippen LogP contribution in [-0.2, 0) is 14.8 Å². The van der Waals surface area contributed by atoms with Crippen molar-refractivity contribution in [1.29, 1.82) is 0 Å². The summed E-state index contributed by atoms with van der Waals surface area (Å²) in [4.78, 5) is 11.6. The van der Waals surface area contributed by atoms with Gasteiger partial charge in [0.15, 0.2) is 11.5 Å². The summed E-state index contributed by atoms with van der Waals surface area (Å²) in [5.41, 5.74) is 0. The zero-order valence-electron chi connectivity index (χ0n) is 12.4. The third kappa shape index (κ3) is 4.35. The van der Waals surface area contributed by atoms with Gasteiger partial charge in [-0.05, 0) is 18.6 Å². The zero-order chi connectivity index (χ0) is 16.0. The van der Waals surface area contributed by atoms with Crippen molar-refractivity contribution in [2.75, 3.05) is 26.3 Å². The molecule has 0 bridgehead atoms. The molecule has 0 saturated carbocycles. The first-order valence-corrected chi connectivity index (χ1v) is 8.67. The van der Waals surface area contributed by atoms with E-state index in [0.29, 0.717) is 31.3 Å². The van der Waals surface area contributed by atoms with Gasteiger partial charge < -0.3 is 14.8 Å². The summed E-state index contributed by atoms with van der Waals surface area (Å²) < 4.78 is 37.3. The monoisotopic (exact) mass is 328 g/mol. The molecule has 1 aliphatic heterocycles. The molecule has 8 heteroatoms. The van der Waals surface area contributed by atoms with Crippen LogP contribution < -0.4 is 19.5 Å². The average molecular weight is 328 g/mol. The van der Waals surface area contributed by atoms with Crippen LogP contribution in [0.15, 0.2) is 23.1 Å². The van der Waals surface area contributed by atoms with Crippen LogP contribution in [-0.4, -0.2) is 40.6 Å². The molecule has 1 aromatic carbocycles. The Labute approximate surface area is 130 Å². The van der Waals surface area contributed by atoms with Crippen molar-refractivity contribution in [2.24, 2.45) is 0 Å². The molecule has 1 aliphatic rings. The molecule has 7 nitrogen and oxygen atoms in total. The van der Waals surface area contributed by atoms with Gasteiger partial charge in [0.2, 0.25) is 15.9 Å². The van der Waals surface area contributed by atoms with Crippen LogP contribution in [0, 0.1) is 0 Å². The molecule has 0 spiro atoms. The number of amides is 1. The van der Waals surface area contributed by atoms with Gasteiger partial charge in [-0.2, -0.15) is 0 Å². The van der Waals surface area contributed by atoms with E-state index in [1.807, 2.05) is 6.92 Å². The van der Waals surface area contributed by atoms with E-state index in [1.165, 1.54) is 12.1 Å². The minimum Gasteiger partial charge on any atom is -0.486 e. The molecule has 0 fully saturated rings. The van der Waals surface area contributed by atoms with Crippen molar-refractivity contribution in [3.8, 4) is 11.5 Å². The van der Waals surface area contributed by atoms with Crippen LogP contribution in [0.2, 0.25) is 0 Å². The van der Waals surface area contributed by atoms with Gasteiger partial charge >= 0.3 is 0 Å². The first kappa shape index (κ1) is 16.6. The van der Waals surface area contributed by atoms with E-state index >= 15 is 0 Å². The lowest BCUT2D eigenvalue weighted by Crippen LogP contribution is -2.37. The molecule has 122 valence electrons. The number of fused-ring (bicyclic) bond motifs is 1. The van der Waals surface area contributed by atoms with E-state index in [2.05, 4.69) is 10.0 Å². The number of hydrogen-bond acceptors (Lipinski definition) is 5. The molecule has 2 N–H and O–H groups in total. The van der Waals surface area contributed by atoms with E-state index in [9.17, 15) is 13.2 Å². The molecule has 1 aromatic rings. The zero-order valence-corrected chi connectivity index (χ0v) is 13.2. The largest absolute Gasteiger partial charge is 0.486 e. The summed E-state index contributed by atoms with van der Waals surface area (Å²) in [7, 11) is -3.77. The van der Waals surface area contributed by atoms with Crippen molar-refractivity contribution in [3.63, 3.8) is 0 Å². The summed E-state index contributed by atoms with van der Waals surface area (Å²) in [6, 6.07) is 4.36. The number of carbonyl (C=O) groups is 1. The van der Waals surface area contributed by atoms with Crippen molar-refractivity contribution >= 4 is 15.9 Å². The molecule has 0 aromatic heterocycles. The number of sulfonamides is 1. The SMILES string of the molecule is CCCCNC(=O)CNS(=O)(=O)c1ccc2c(c1)OCCO2. The van der Waals surface area contributed by atoms with Gasteiger partial charge in [-0.3, -0.25) is 4.79 Å². The normalized spacial score (nSPS) is 13.7. The van der Waals surface area contributed by atoms with E-state index in [4.69, 9.17) is 9.47 Å². The summed E-state index contributed by atoms with van der Waals surface area (Å²) in [5.74, 6) is 0.554. The van der Waals surface area contributed by atoms with Gasteiger partial charge in [-0.25, -0.2) is 13.1 Å². The highest BCUT2D eigenvalue weighted by Gasteiger charge is 2.19.